The minimum absolute atomic E-state index is 0.0164. The zero-order valence-corrected chi connectivity index (χ0v) is 10.1. The largest absolute Gasteiger partial charge is 0.374 e. The molecule has 1 aromatic rings. The molecular weight excluding hydrogens is 216 g/mol. The van der Waals surface area contributed by atoms with E-state index in [1.54, 1.807) is 23.2 Å². The van der Waals surface area contributed by atoms with Gasteiger partial charge in [-0.25, -0.2) is 4.98 Å². The minimum atomic E-state index is 0.0164. The lowest BCUT2D eigenvalue weighted by molar-refractivity contribution is -0.128. The van der Waals surface area contributed by atoms with Crippen LogP contribution in [-0.2, 0) is 4.79 Å². The molecule has 17 heavy (non-hydrogen) atoms. The minimum Gasteiger partial charge on any atom is -0.374 e. The molecule has 5 heteroatoms. The fraction of sp³-hybridized carbons (Fsp3) is 0.417. The molecule has 0 atom stereocenters. The van der Waals surface area contributed by atoms with Crippen molar-refractivity contribution in [2.24, 2.45) is 0 Å². The summed E-state index contributed by atoms with van der Waals surface area (Å²) < 4.78 is 0. The van der Waals surface area contributed by atoms with Crippen LogP contribution in [0.4, 0.5) is 5.69 Å². The maximum absolute atomic E-state index is 11.7. The number of aromatic nitrogens is 1. The fourth-order valence-electron chi connectivity index (χ4n) is 1.50. The van der Waals surface area contributed by atoms with Gasteiger partial charge in [0.1, 0.15) is 6.07 Å². The van der Waals surface area contributed by atoms with Gasteiger partial charge >= 0.3 is 0 Å². The van der Waals surface area contributed by atoms with E-state index in [2.05, 4.69) is 10.3 Å². The average Bonchev–Trinajstić information content (AvgIpc) is 2.38. The third-order valence-electron chi connectivity index (χ3n) is 2.46. The third-order valence-corrected chi connectivity index (χ3v) is 2.46. The monoisotopic (exact) mass is 232 g/mol. The van der Waals surface area contributed by atoms with E-state index in [9.17, 15) is 4.79 Å². The first-order chi connectivity index (χ1) is 8.22. The molecule has 1 rings (SSSR count). The Morgan fingerprint density at radius 1 is 1.53 bits per heavy atom. The van der Waals surface area contributed by atoms with Crippen LogP contribution in [0, 0.1) is 11.3 Å². The zero-order chi connectivity index (χ0) is 12.7. The Labute approximate surface area is 101 Å². The second-order valence-corrected chi connectivity index (χ2v) is 3.43. The molecule has 0 spiro atoms. The summed E-state index contributed by atoms with van der Waals surface area (Å²) in [5, 5.41) is 11.8. The van der Waals surface area contributed by atoms with Crippen molar-refractivity contribution in [2.45, 2.75) is 13.8 Å². The number of pyridine rings is 1. The van der Waals surface area contributed by atoms with Gasteiger partial charge in [-0.05, 0) is 26.0 Å². The average molecular weight is 232 g/mol. The molecule has 0 saturated carbocycles. The van der Waals surface area contributed by atoms with Crippen molar-refractivity contribution in [3.63, 3.8) is 0 Å². The second kappa shape index (κ2) is 6.48. The number of amides is 1. The van der Waals surface area contributed by atoms with E-state index in [1.165, 1.54) is 0 Å². The quantitative estimate of drug-likeness (QED) is 0.829. The highest BCUT2D eigenvalue weighted by atomic mass is 16.2. The maximum atomic E-state index is 11.7. The predicted molar refractivity (Wildman–Crippen MR) is 65.4 cm³/mol. The summed E-state index contributed by atoms with van der Waals surface area (Å²) in [6.07, 6.45) is 1.55. The van der Waals surface area contributed by atoms with E-state index in [0.29, 0.717) is 24.5 Å². The summed E-state index contributed by atoms with van der Waals surface area (Å²) in [6.45, 7) is 5.44. The number of hydrogen-bond donors (Lipinski definition) is 1. The van der Waals surface area contributed by atoms with Gasteiger partial charge in [-0.1, -0.05) is 0 Å². The van der Waals surface area contributed by atoms with E-state index in [1.807, 2.05) is 19.9 Å². The van der Waals surface area contributed by atoms with E-state index in [0.717, 1.165) is 0 Å². The van der Waals surface area contributed by atoms with Crippen molar-refractivity contribution in [2.75, 3.05) is 25.0 Å². The highest BCUT2D eigenvalue weighted by molar-refractivity contribution is 5.81. The molecule has 0 radical (unpaired) electrons. The summed E-state index contributed by atoms with van der Waals surface area (Å²) in [5.74, 6) is 0.0164. The lowest BCUT2D eigenvalue weighted by Gasteiger charge is -2.19. The van der Waals surface area contributed by atoms with Crippen molar-refractivity contribution >= 4 is 11.6 Å². The van der Waals surface area contributed by atoms with Crippen molar-refractivity contribution in [3.8, 4) is 6.07 Å². The first-order valence-corrected chi connectivity index (χ1v) is 5.59. The van der Waals surface area contributed by atoms with Crippen LogP contribution in [0.1, 0.15) is 19.5 Å². The Kier molecular flexibility index (Phi) is 4.95. The smallest absolute Gasteiger partial charge is 0.241 e. The van der Waals surface area contributed by atoms with Gasteiger partial charge in [-0.3, -0.25) is 4.79 Å². The maximum Gasteiger partial charge on any atom is 0.241 e. The number of nitriles is 1. The SMILES string of the molecule is CCN(CC)C(=O)CNc1cccnc1C#N. The lowest BCUT2D eigenvalue weighted by Crippen LogP contribution is -2.35. The number of carbonyl (C=O) groups excluding carboxylic acids is 1. The highest BCUT2D eigenvalue weighted by Crippen LogP contribution is 2.10. The number of nitrogens with one attached hydrogen (secondary N) is 1. The third kappa shape index (κ3) is 3.45. The molecule has 0 aliphatic carbocycles. The summed E-state index contributed by atoms with van der Waals surface area (Å²) in [5.41, 5.74) is 0.898. The Balaban J connectivity index is 2.62. The molecule has 0 bridgehead atoms. The molecule has 0 fully saturated rings. The molecule has 0 aromatic carbocycles. The molecule has 1 N–H and O–H groups in total. The van der Waals surface area contributed by atoms with Gasteiger partial charge in [0.15, 0.2) is 5.69 Å². The van der Waals surface area contributed by atoms with Crippen LogP contribution in [0.5, 0.6) is 0 Å². The summed E-state index contributed by atoms with van der Waals surface area (Å²) in [6, 6.07) is 5.44. The molecule has 90 valence electrons. The van der Waals surface area contributed by atoms with E-state index in [-0.39, 0.29) is 12.5 Å². The van der Waals surface area contributed by atoms with E-state index >= 15 is 0 Å². The van der Waals surface area contributed by atoms with Crippen molar-refractivity contribution in [3.05, 3.63) is 24.0 Å². The van der Waals surface area contributed by atoms with Crippen LogP contribution >= 0.6 is 0 Å². The Hall–Kier alpha value is -2.09. The molecule has 0 saturated heterocycles. The number of likely N-dealkylation sites (N-methyl/N-ethyl adjacent to an activating group) is 1. The van der Waals surface area contributed by atoms with Gasteiger partial charge in [0.25, 0.3) is 0 Å². The number of anilines is 1. The van der Waals surface area contributed by atoms with Crippen molar-refractivity contribution in [1.29, 1.82) is 5.26 Å². The van der Waals surface area contributed by atoms with Crippen LogP contribution < -0.4 is 5.32 Å². The van der Waals surface area contributed by atoms with Crippen LogP contribution in [0.25, 0.3) is 0 Å². The number of nitrogens with zero attached hydrogens (tertiary/aromatic N) is 3. The molecule has 1 amide bonds. The van der Waals surface area contributed by atoms with Gasteiger partial charge in [0, 0.05) is 19.3 Å². The Morgan fingerprint density at radius 2 is 2.24 bits per heavy atom. The zero-order valence-electron chi connectivity index (χ0n) is 10.1. The second-order valence-electron chi connectivity index (χ2n) is 3.43. The molecule has 0 unspecified atom stereocenters. The normalized spacial score (nSPS) is 9.47. The highest BCUT2D eigenvalue weighted by Gasteiger charge is 2.10. The van der Waals surface area contributed by atoms with Gasteiger partial charge in [-0.2, -0.15) is 5.26 Å². The van der Waals surface area contributed by atoms with Gasteiger partial charge in [0.05, 0.1) is 12.2 Å². The van der Waals surface area contributed by atoms with E-state index in [4.69, 9.17) is 5.26 Å². The molecule has 0 aliphatic heterocycles. The van der Waals surface area contributed by atoms with Crippen LogP contribution in [0.3, 0.4) is 0 Å². The topological polar surface area (TPSA) is 69.0 Å². The van der Waals surface area contributed by atoms with Crippen LogP contribution in [-0.4, -0.2) is 35.4 Å². The first-order valence-electron chi connectivity index (χ1n) is 5.59. The molecular formula is C12H16N4O. The van der Waals surface area contributed by atoms with Gasteiger partial charge in [0.2, 0.25) is 5.91 Å². The number of carbonyl (C=O) groups is 1. The summed E-state index contributed by atoms with van der Waals surface area (Å²) in [4.78, 5) is 17.4. The van der Waals surface area contributed by atoms with E-state index < -0.39 is 0 Å². The number of rotatable bonds is 5. The Bertz CT molecular complexity index is 421. The predicted octanol–water partition coefficient (Wildman–Crippen LogP) is 1.23. The Morgan fingerprint density at radius 3 is 2.82 bits per heavy atom. The van der Waals surface area contributed by atoms with Gasteiger partial charge in [-0.15, -0.1) is 0 Å². The number of hydrogen-bond acceptors (Lipinski definition) is 4. The van der Waals surface area contributed by atoms with Crippen LogP contribution in [0.15, 0.2) is 18.3 Å². The summed E-state index contributed by atoms with van der Waals surface area (Å²) >= 11 is 0. The molecule has 1 heterocycles. The van der Waals surface area contributed by atoms with Crippen LogP contribution in [0.2, 0.25) is 0 Å². The molecule has 0 aliphatic rings. The van der Waals surface area contributed by atoms with Crippen molar-refractivity contribution < 1.29 is 4.79 Å². The van der Waals surface area contributed by atoms with Crippen molar-refractivity contribution in [1.82, 2.24) is 9.88 Å². The fourth-order valence-corrected chi connectivity index (χ4v) is 1.50. The molecule has 5 nitrogen and oxygen atoms in total. The first kappa shape index (κ1) is 13.0. The van der Waals surface area contributed by atoms with Gasteiger partial charge < -0.3 is 10.2 Å². The lowest BCUT2D eigenvalue weighted by atomic mass is 10.3. The molecule has 1 aromatic heterocycles. The summed E-state index contributed by atoms with van der Waals surface area (Å²) in [7, 11) is 0. The standard InChI is InChI=1S/C12H16N4O/c1-3-16(4-2)12(17)9-15-10-6-5-7-14-11(10)8-13/h5-7,15H,3-4,9H2,1-2H3.